The van der Waals surface area contributed by atoms with Crippen molar-refractivity contribution < 1.29 is 9.53 Å². The first-order chi connectivity index (χ1) is 6.13. The minimum Gasteiger partial charge on any atom is -0.453 e. The first-order valence-corrected chi connectivity index (χ1v) is 4.10. The van der Waals surface area contributed by atoms with Gasteiger partial charge >= 0.3 is 6.09 Å². The topological polar surface area (TPSA) is 54.1 Å². The van der Waals surface area contributed by atoms with Gasteiger partial charge in [0, 0.05) is 17.9 Å². The molecule has 0 aromatic carbocycles. The number of alkyl carbamates (subject to hydrolysis) is 1. The number of rotatable bonds is 2. The SMILES string of the molecule is COC(=O)NCc1cc(C)[nH]c1C. The molecule has 1 amide bonds. The number of hydrogen-bond donors (Lipinski definition) is 2. The zero-order valence-corrected chi connectivity index (χ0v) is 8.10. The Labute approximate surface area is 77.3 Å². The van der Waals surface area contributed by atoms with E-state index >= 15 is 0 Å². The van der Waals surface area contributed by atoms with Crippen molar-refractivity contribution in [2.24, 2.45) is 0 Å². The van der Waals surface area contributed by atoms with Gasteiger partial charge in [0.25, 0.3) is 0 Å². The third kappa shape index (κ3) is 2.50. The molecular weight excluding hydrogens is 168 g/mol. The Bertz CT molecular complexity index is 305. The van der Waals surface area contributed by atoms with Crippen molar-refractivity contribution in [3.63, 3.8) is 0 Å². The molecule has 2 N–H and O–H groups in total. The summed E-state index contributed by atoms with van der Waals surface area (Å²) in [5, 5.41) is 2.62. The van der Waals surface area contributed by atoms with Crippen LogP contribution in [0.3, 0.4) is 0 Å². The van der Waals surface area contributed by atoms with Crippen LogP contribution in [0.1, 0.15) is 17.0 Å². The van der Waals surface area contributed by atoms with Crippen LogP contribution < -0.4 is 5.32 Å². The summed E-state index contributed by atoms with van der Waals surface area (Å²) in [6.07, 6.45) is -0.404. The first-order valence-electron chi connectivity index (χ1n) is 4.10. The van der Waals surface area contributed by atoms with Crippen LogP contribution in [0.15, 0.2) is 6.07 Å². The highest BCUT2D eigenvalue weighted by Crippen LogP contribution is 2.08. The van der Waals surface area contributed by atoms with Crippen LogP contribution in [0, 0.1) is 13.8 Å². The summed E-state index contributed by atoms with van der Waals surface area (Å²) in [6.45, 7) is 4.46. The van der Waals surface area contributed by atoms with Gasteiger partial charge in [-0.15, -0.1) is 0 Å². The lowest BCUT2D eigenvalue weighted by molar-refractivity contribution is 0.170. The molecule has 1 aromatic heterocycles. The van der Waals surface area contributed by atoms with Crippen LogP contribution in [0.2, 0.25) is 0 Å². The average Bonchev–Trinajstić information content (AvgIpc) is 2.41. The molecule has 4 heteroatoms. The fourth-order valence-electron chi connectivity index (χ4n) is 1.20. The number of methoxy groups -OCH3 is 1. The fourth-order valence-corrected chi connectivity index (χ4v) is 1.20. The second kappa shape index (κ2) is 3.98. The van der Waals surface area contributed by atoms with E-state index in [1.807, 2.05) is 19.9 Å². The second-order valence-corrected chi connectivity index (χ2v) is 2.95. The molecule has 0 aliphatic heterocycles. The Morgan fingerprint density at radius 3 is 2.77 bits per heavy atom. The molecule has 1 heterocycles. The van der Waals surface area contributed by atoms with Crippen molar-refractivity contribution in [3.8, 4) is 0 Å². The van der Waals surface area contributed by atoms with Gasteiger partial charge in [0.15, 0.2) is 0 Å². The molecule has 0 aliphatic carbocycles. The summed E-state index contributed by atoms with van der Waals surface area (Å²) in [6, 6.07) is 2.01. The highest BCUT2D eigenvalue weighted by molar-refractivity contribution is 5.66. The van der Waals surface area contributed by atoms with Gasteiger partial charge in [-0.2, -0.15) is 0 Å². The predicted octanol–water partition coefficient (Wildman–Crippen LogP) is 1.49. The maximum Gasteiger partial charge on any atom is 0.407 e. The van der Waals surface area contributed by atoms with Crippen LogP contribution in [0.5, 0.6) is 0 Å². The summed E-state index contributed by atoms with van der Waals surface area (Å²) >= 11 is 0. The number of carbonyl (C=O) groups excluding carboxylic acids is 1. The highest BCUT2D eigenvalue weighted by atomic mass is 16.5. The number of carbonyl (C=O) groups is 1. The normalized spacial score (nSPS) is 9.77. The predicted molar refractivity (Wildman–Crippen MR) is 49.5 cm³/mol. The van der Waals surface area contributed by atoms with E-state index in [9.17, 15) is 4.79 Å². The molecule has 1 aromatic rings. The summed E-state index contributed by atoms with van der Waals surface area (Å²) in [4.78, 5) is 13.9. The smallest absolute Gasteiger partial charge is 0.407 e. The van der Waals surface area contributed by atoms with Crippen LogP contribution in [-0.2, 0) is 11.3 Å². The number of aromatic nitrogens is 1. The summed E-state index contributed by atoms with van der Waals surface area (Å²) in [7, 11) is 1.35. The maximum absolute atomic E-state index is 10.8. The monoisotopic (exact) mass is 182 g/mol. The molecule has 72 valence electrons. The lowest BCUT2D eigenvalue weighted by Gasteiger charge is -2.01. The lowest BCUT2D eigenvalue weighted by Crippen LogP contribution is -2.22. The summed E-state index contributed by atoms with van der Waals surface area (Å²) in [5.74, 6) is 0. The number of hydrogen-bond acceptors (Lipinski definition) is 2. The van der Waals surface area contributed by atoms with Gasteiger partial charge < -0.3 is 15.0 Å². The molecule has 0 saturated carbocycles. The number of H-pyrrole nitrogens is 1. The van der Waals surface area contributed by atoms with E-state index in [0.29, 0.717) is 6.54 Å². The standard InChI is InChI=1S/C9H14N2O2/c1-6-4-8(7(2)11-6)5-10-9(12)13-3/h4,11H,5H2,1-3H3,(H,10,12). The van der Waals surface area contributed by atoms with E-state index in [0.717, 1.165) is 17.0 Å². The summed E-state index contributed by atoms with van der Waals surface area (Å²) in [5.41, 5.74) is 3.26. The van der Waals surface area contributed by atoms with Crippen molar-refractivity contribution in [3.05, 3.63) is 23.0 Å². The van der Waals surface area contributed by atoms with Crippen LogP contribution in [0.25, 0.3) is 0 Å². The molecule has 0 radical (unpaired) electrons. The zero-order valence-electron chi connectivity index (χ0n) is 8.10. The van der Waals surface area contributed by atoms with Crippen molar-refractivity contribution in [1.82, 2.24) is 10.3 Å². The third-order valence-corrected chi connectivity index (χ3v) is 1.87. The molecule has 0 atom stereocenters. The number of nitrogens with one attached hydrogen (secondary N) is 2. The van der Waals surface area contributed by atoms with Gasteiger partial charge in [-0.25, -0.2) is 4.79 Å². The van der Waals surface area contributed by atoms with Crippen molar-refractivity contribution in [2.45, 2.75) is 20.4 Å². The second-order valence-electron chi connectivity index (χ2n) is 2.95. The Hall–Kier alpha value is -1.45. The Morgan fingerprint density at radius 2 is 2.31 bits per heavy atom. The summed E-state index contributed by atoms with van der Waals surface area (Å²) < 4.78 is 4.46. The van der Waals surface area contributed by atoms with Gasteiger partial charge in [-0.3, -0.25) is 0 Å². The van der Waals surface area contributed by atoms with E-state index in [2.05, 4.69) is 15.0 Å². The van der Waals surface area contributed by atoms with Gasteiger partial charge in [-0.1, -0.05) is 0 Å². The van der Waals surface area contributed by atoms with E-state index in [-0.39, 0.29) is 0 Å². The molecule has 0 bridgehead atoms. The van der Waals surface area contributed by atoms with E-state index in [1.54, 1.807) is 0 Å². The lowest BCUT2D eigenvalue weighted by atomic mass is 10.2. The molecule has 0 saturated heterocycles. The number of amides is 1. The van der Waals surface area contributed by atoms with Crippen LogP contribution in [-0.4, -0.2) is 18.2 Å². The molecule has 0 spiro atoms. The van der Waals surface area contributed by atoms with E-state index in [1.165, 1.54) is 7.11 Å². The van der Waals surface area contributed by atoms with Crippen LogP contribution in [0.4, 0.5) is 4.79 Å². The molecule has 13 heavy (non-hydrogen) atoms. The fraction of sp³-hybridized carbons (Fsp3) is 0.444. The Kier molecular flexibility index (Phi) is 2.95. The van der Waals surface area contributed by atoms with Crippen molar-refractivity contribution >= 4 is 6.09 Å². The molecular formula is C9H14N2O2. The quantitative estimate of drug-likeness (QED) is 0.728. The Morgan fingerprint density at radius 1 is 1.62 bits per heavy atom. The van der Waals surface area contributed by atoms with Gasteiger partial charge in [0.2, 0.25) is 0 Å². The molecule has 0 unspecified atom stereocenters. The average molecular weight is 182 g/mol. The maximum atomic E-state index is 10.8. The van der Waals surface area contributed by atoms with Gasteiger partial charge in [0.05, 0.1) is 7.11 Å². The Balaban J connectivity index is 2.54. The third-order valence-electron chi connectivity index (χ3n) is 1.87. The van der Waals surface area contributed by atoms with Crippen molar-refractivity contribution in [2.75, 3.05) is 7.11 Å². The molecule has 0 fully saturated rings. The van der Waals surface area contributed by atoms with Crippen molar-refractivity contribution in [1.29, 1.82) is 0 Å². The van der Waals surface area contributed by atoms with Gasteiger partial charge in [-0.05, 0) is 25.5 Å². The molecule has 4 nitrogen and oxygen atoms in total. The van der Waals surface area contributed by atoms with Crippen LogP contribution >= 0.6 is 0 Å². The highest BCUT2D eigenvalue weighted by Gasteiger charge is 2.03. The largest absolute Gasteiger partial charge is 0.453 e. The van der Waals surface area contributed by atoms with Gasteiger partial charge in [0.1, 0.15) is 0 Å². The number of aryl methyl sites for hydroxylation is 2. The minimum atomic E-state index is -0.404. The number of ether oxygens (including phenoxy) is 1. The minimum absolute atomic E-state index is 0.404. The van der Waals surface area contributed by atoms with E-state index < -0.39 is 6.09 Å². The first kappa shape index (κ1) is 9.64. The molecule has 0 aliphatic rings. The van der Waals surface area contributed by atoms with E-state index in [4.69, 9.17) is 0 Å². The number of aromatic amines is 1. The molecule has 1 rings (SSSR count). The zero-order chi connectivity index (χ0) is 9.84.